The van der Waals surface area contributed by atoms with Gasteiger partial charge in [-0.15, -0.1) is 35.3 Å². The van der Waals surface area contributed by atoms with Crippen molar-refractivity contribution in [3.05, 3.63) is 51.5 Å². The molecule has 1 atom stereocenters. The van der Waals surface area contributed by atoms with Crippen LogP contribution in [0.15, 0.2) is 35.3 Å². The molecule has 27 heavy (non-hydrogen) atoms. The molecule has 1 aromatic heterocycles. The Morgan fingerprint density at radius 3 is 2.33 bits per heavy atom. The van der Waals surface area contributed by atoms with Gasteiger partial charge in [0, 0.05) is 18.5 Å². The number of aromatic nitrogens is 1. The highest BCUT2D eigenvalue weighted by Crippen LogP contribution is 2.19. The minimum atomic E-state index is 0. The van der Waals surface area contributed by atoms with Crippen LogP contribution >= 0.6 is 35.3 Å². The molecule has 0 aliphatic heterocycles. The van der Waals surface area contributed by atoms with Gasteiger partial charge in [-0.05, 0) is 32.5 Å². The molecule has 0 fully saturated rings. The fraction of sp³-hybridized carbons (Fsp3) is 0.500. The molecule has 1 aromatic carbocycles. The predicted octanol–water partition coefficient (Wildman–Crippen LogP) is 4.13. The minimum absolute atomic E-state index is 0. The third kappa shape index (κ3) is 7.04. The van der Waals surface area contributed by atoms with Gasteiger partial charge < -0.3 is 10.6 Å². The summed E-state index contributed by atoms with van der Waals surface area (Å²) in [5, 5.41) is 7.95. The smallest absolute Gasteiger partial charge is 0.191 e. The van der Waals surface area contributed by atoms with Gasteiger partial charge in [0.25, 0.3) is 0 Å². The Morgan fingerprint density at radius 1 is 1.15 bits per heavy atom. The van der Waals surface area contributed by atoms with E-state index >= 15 is 0 Å². The van der Waals surface area contributed by atoms with Gasteiger partial charge in [0.15, 0.2) is 5.96 Å². The number of halogens is 1. The Labute approximate surface area is 184 Å². The van der Waals surface area contributed by atoms with Crippen LogP contribution in [0, 0.1) is 13.8 Å². The monoisotopic (exact) mass is 501 g/mol. The predicted molar refractivity (Wildman–Crippen MR) is 127 cm³/mol. The lowest BCUT2D eigenvalue weighted by atomic mass is 10.1. The topological polar surface area (TPSA) is 52.5 Å². The van der Waals surface area contributed by atoms with Gasteiger partial charge in [0.2, 0.25) is 0 Å². The number of benzene rings is 1. The fourth-order valence-corrected chi connectivity index (χ4v) is 3.86. The number of likely N-dealkylation sites (N-methyl/N-ethyl adjacent to an activating group) is 1. The Morgan fingerprint density at radius 2 is 1.81 bits per heavy atom. The fourth-order valence-electron chi connectivity index (χ4n) is 2.99. The van der Waals surface area contributed by atoms with Gasteiger partial charge in [-0.25, -0.2) is 4.98 Å². The van der Waals surface area contributed by atoms with E-state index in [0.29, 0.717) is 12.6 Å². The van der Waals surface area contributed by atoms with E-state index in [2.05, 4.69) is 83.5 Å². The van der Waals surface area contributed by atoms with Crippen molar-refractivity contribution < 1.29 is 0 Å². The molecular weight excluding hydrogens is 469 g/mol. The highest BCUT2D eigenvalue weighted by Gasteiger charge is 2.18. The maximum atomic E-state index is 4.58. The maximum absolute atomic E-state index is 4.58. The van der Waals surface area contributed by atoms with Gasteiger partial charge in [-0.1, -0.05) is 44.2 Å². The molecule has 0 amide bonds. The summed E-state index contributed by atoms with van der Waals surface area (Å²) >= 11 is 1.74. The zero-order valence-electron chi connectivity index (χ0n) is 17.0. The van der Waals surface area contributed by atoms with Gasteiger partial charge in [-0.3, -0.25) is 9.89 Å². The second-order valence-electron chi connectivity index (χ2n) is 6.20. The summed E-state index contributed by atoms with van der Waals surface area (Å²) in [6, 6.07) is 11.0. The second-order valence-corrected chi connectivity index (χ2v) is 7.49. The zero-order chi connectivity index (χ0) is 18.9. The SMILES string of the molecule is CCN(CC)C(CNC(=NC)NCc1nc(C)c(C)s1)c1ccccc1.I. The van der Waals surface area contributed by atoms with Crippen LogP contribution in [0.3, 0.4) is 0 Å². The summed E-state index contributed by atoms with van der Waals surface area (Å²) in [5.41, 5.74) is 2.44. The van der Waals surface area contributed by atoms with E-state index in [4.69, 9.17) is 0 Å². The van der Waals surface area contributed by atoms with E-state index in [9.17, 15) is 0 Å². The zero-order valence-corrected chi connectivity index (χ0v) is 20.1. The van der Waals surface area contributed by atoms with Crippen LogP contribution in [0.1, 0.15) is 41.0 Å². The largest absolute Gasteiger partial charge is 0.354 e. The molecule has 0 aliphatic rings. The molecule has 1 heterocycles. The normalized spacial score (nSPS) is 12.6. The number of aryl methyl sites for hydroxylation is 2. The Bertz CT molecular complexity index is 678. The maximum Gasteiger partial charge on any atom is 0.191 e. The van der Waals surface area contributed by atoms with Crippen molar-refractivity contribution in [1.29, 1.82) is 0 Å². The van der Waals surface area contributed by atoms with E-state index in [1.54, 1.807) is 11.3 Å². The van der Waals surface area contributed by atoms with Crippen LogP contribution in [-0.2, 0) is 6.54 Å². The average Bonchev–Trinajstić information content (AvgIpc) is 2.99. The van der Waals surface area contributed by atoms with Crippen molar-refractivity contribution in [3.8, 4) is 0 Å². The first-order valence-electron chi connectivity index (χ1n) is 9.25. The molecule has 0 saturated heterocycles. The minimum Gasteiger partial charge on any atom is -0.354 e. The van der Waals surface area contributed by atoms with E-state index in [0.717, 1.165) is 36.3 Å². The van der Waals surface area contributed by atoms with E-state index in [1.165, 1.54) is 10.4 Å². The number of rotatable bonds is 8. The van der Waals surface area contributed by atoms with Crippen LogP contribution in [0.25, 0.3) is 0 Å². The van der Waals surface area contributed by atoms with Crippen molar-refractivity contribution in [1.82, 2.24) is 20.5 Å². The quantitative estimate of drug-likeness (QED) is 0.325. The Hall–Kier alpha value is -1.19. The summed E-state index contributed by atoms with van der Waals surface area (Å²) in [5.74, 6) is 0.809. The molecule has 0 aliphatic carbocycles. The van der Waals surface area contributed by atoms with Crippen molar-refractivity contribution in [2.24, 2.45) is 4.99 Å². The number of guanidine groups is 1. The summed E-state index contributed by atoms with van der Waals surface area (Å²) in [4.78, 5) is 12.7. The molecule has 0 bridgehead atoms. The number of aliphatic imine (C=N–C) groups is 1. The summed E-state index contributed by atoms with van der Waals surface area (Å²) in [6.07, 6.45) is 0. The van der Waals surface area contributed by atoms with E-state index < -0.39 is 0 Å². The number of hydrogen-bond donors (Lipinski definition) is 2. The lowest BCUT2D eigenvalue weighted by Gasteiger charge is -2.30. The average molecular weight is 501 g/mol. The molecule has 0 saturated carbocycles. The van der Waals surface area contributed by atoms with E-state index in [1.807, 2.05) is 7.05 Å². The van der Waals surface area contributed by atoms with Gasteiger partial charge in [0.05, 0.1) is 18.3 Å². The molecule has 7 heteroatoms. The van der Waals surface area contributed by atoms with Crippen molar-refractivity contribution in [3.63, 3.8) is 0 Å². The third-order valence-electron chi connectivity index (χ3n) is 4.60. The number of thiazole rings is 1. The standard InChI is InChI=1S/C20H31N5S.HI/c1-6-25(7-2)18(17-11-9-8-10-12-17)13-22-20(21-5)23-14-19-24-15(3)16(4)26-19;/h8-12,18H,6-7,13-14H2,1-5H3,(H2,21,22,23);1H. The van der Waals surface area contributed by atoms with Crippen LogP contribution in [0.4, 0.5) is 0 Å². The Balaban J connectivity index is 0.00000364. The second kappa shape index (κ2) is 12.3. The highest BCUT2D eigenvalue weighted by molar-refractivity contribution is 14.0. The van der Waals surface area contributed by atoms with Crippen LogP contribution in [0.5, 0.6) is 0 Å². The summed E-state index contributed by atoms with van der Waals surface area (Å²) in [7, 11) is 1.81. The number of nitrogens with zero attached hydrogens (tertiary/aromatic N) is 3. The lowest BCUT2D eigenvalue weighted by molar-refractivity contribution is 0.219. The Kier molecular flexibility index (Phi) is 10.9. The molecular formula is C20H32IN5S. The van der Waals surface area contributed by atoms with Crippen molar-refractivity contribution in [2.45, 2.75) is 40.3 Å². The van der Waals surface area contributed by atoms with E-state index in [-0.39, 0.29) is 24.0 Å². The van der Waals surface area contributed by atoms with Gasteiger partial charge in [0.1, 0.15) is 5.01 Å². The first-order valence-corrected chi connectivity index (χ1v) is 10.1. The molecule has 0 radical (unpaired) electrons. The lowest BCUT2D eigenvalue weighted by Crippen LogP contribution is -2.43. The molecule has 1 unspecified atom stereocenters. The summed E-state index contributed by atoms with van der Waals surface area (Å²) in [6.45, 7) is 12.1. The number of nitrogens with one attached hydrogen (secondary N) is 2. The van der Waals surface area contributed by atoms with Crippen molar-refractivity contribution >= 4 is 41.3 Å². The third-order valence-corrected chi connectivity index (χ3v) is 5.68. The van der Waals surface area contributed by atoms with Crippen LogP contribution in [0.2, 0.25) is 0 Å². The van der Waals surface area contributed by atoms with Gasteiger partial charge >= 0.3 is 0 Å². The molecule has 2 aromatic rings. The first-order chi connectivity index (χ1) is 12.6. The highest BCUT2D eigenvalue weighted by atomic mass is 127. The number of hydrogen-bond acceptors (Lipinski definition) is 4. The first kappa shape index (κ1) is 23.8. The van der Waals surface area contributed by atoms with Crippen LogP contribution in [-0.4, -0.2) is 42.5 Å². The molecule has 2 rings (SSSR count). The molecule has 0 spiro atoms. The molecule has 150 valence electrons. The molecule has 2 N–H and O–H groups in total. The van der Waals surface area contributed by atoms with Gasteiger partial charge in [-0.2, -0.15) is 0 Å². The van der Waals surface area contributed by atoms with Crippen molar-refractivity contribution in [2.75, 3.05) is 26.7 Å². The summed E-state index contributed by atoms with van der Waals surface area (Å²) < 4.78 is 0. The molecule has 5 nitrogen and oxygen atoms in total. The van der Waals surface area contributed by atoms with Crippen LogP contribution < -0.4 is 10.6 Å².